The maximum absolute atomic E-state index is 10.7. The Morgan fingerprint density at radius 3 is 1.58 bits per heavy atom. The molecule has 1 unspecified atom stereocenters. The minimum absolute atomic E-state index is 0. The van der Waals surface area contributed by atoms with Crippen LogP contribution in [-0.4, -0.2) is 85.9 Å². The van der Waals surface area contributed by atoms with Crippen molar-refractivity contribution in [3.63, 3.8) is 0 Å². The van der Waals surface area contributed by atoms with Crippen LogP contribution < -0.4 is 5.32 Å². The van der Waals surface area contributed by atoms with Gasteiger partial charge in [0.05, 0.1) is 0 Å². The molecule has 0 amide bonds. The number of carboxylic acid groups (broad SMARTS) is 4. The summed E-state index contributed by atoms with van der Waals surface area (Å²) < 4.78 is 0. The molecule has 9 nitrogen and oxygen atoms in total. The monoisotopic (exact) mass is 329 g/mol. The molecule has 0 aliphatic carbocycles. The molecule has 5 N–H and O–H groups in total. The van der Waals surface area contributed by atoms with Crippen LogP contribution in [0, 0.1) is 0 Å². The first-order valence-corrected chi connectivity index (χ1v) is 4.42. The first-order valence-electron chi connectivity index (χ1n) is 4.42. The number of hydrogen-bond donors (Lipinski definition) is 5. The van der Waals surface area contributed by atoms with Crippen LogP contribution in [-0.2, 0) is 36.2 Å². The molecule has 0 saturated heterocycles. The van der Waals surface area contributed by atoms with Crippen molar-refractivity contribution >= 4 is 53.4 Å². The van der Waals surface area contributed by atoms with Gasteiger partial charge < -0.3 is 20.4 Å². The molecule has 0 heterocycles. The van der Waals surface area contributed by atoms with Gasteiger partial charge in [-0.25, -0.2) is 9.59 Å². The summed E-state index contributed by atoms with van der Waals surface area (Å²) in [6, 6.07) is -3.65. The third kappa shape index (κ3) is 9.88. The Morgan fingerprint density at radius 2 is 1.32 bits per heavy atom. The van der Waals surface area contributed by atoms with Crippen LogP contribution in [0.15, 0.2) is 0 Å². The van der Waals surface area contributed by atoms with Crippen molar-refractivity contribution in [2.45, 2.75) is 24.9 Å². The average molecular weight is 329 g/mol. The van der Waals surface area contributed by atoms with Crippen LogP contribution in [0.5, 0.6) is 0 Å². The van der Waals surface area contributed by atoms with Crippen molar-refractivity contribution in [3.05, 3.63) is 0 Å². The Kier molecular flexibility index (Phi) is 13.8. The van der Waals surface area contributed by atoms with E-state index in [1.165, 1.54) is 0 Å². The Hall–Kier alpha value is -0.641. The Balaban J connectivity index is -0.00000128. The summed E-state index contributed by atoms with van der Waals surface area (Å²) in [5.41, 5.74) is 0. The van der Waals surface area contributed by atoms with Gasteiger partial charge >= 0.3 is 53.4 Å². The summed E-state index contributed by atoms with van der Waals surface area (Å²) in [6.45, 7) is 0. The van der Waals surface area contributed by atoms with E-state index in [2.05, 4.69) is 0 Å². The zero-order chi connectivity index (χ0) is 13.6. The summed E-state index contributed by atoms with van der Waals surface area (Å²) in [5.74, 6) is -6.28. The Morgan fingerprint density at radius 1 is 0.895 bits per heavy atom. The fraction of sp³-hybridized carbons (Fsp3) is 0.500. The fourth-order valence-corrected chi connectivity index (χ4v) is 0.995. The molecule has 19 heavy (non-hydrogen) atoms. The van der Waals surface area contributed by atoms with Crippen molar-refractivity contribution < 1.29 is 56.7 Å². The standard InChI is InChI=1S/C8H11NO8.Fe.Na.H/c10-4(11)2-1-3(6(12)13)9-5(7(14)15)8(16)17;;;/h3,5,9H,1-2H2,(H,10,11)(H,12,13)(H,14,15)(H,16,17);;;. The molecule has 0 saturated carbocycles. The summed E-state index contributed by atoms with van der Waals surface area (Å²) >= 11 is 0. The van der Waals surface area contributed by atoms with Gasteiger partial charge in [-0.1, -0.05) is 0 Å². The summed E-state index contributed by atoms with van der Waals surface area (Å²) in [4.78, 5) is 41.8. The second-order valence-electron chi connectivity index (χ2n) is 3.10. The van der Waals surface area contributed by atoms with Gasteiger partial charge in [0.15, 0.2) is 0 Å². The van der Waals surface area contributed by atoms with E-state index in [9.17, 15) is 19.2 Å². The normalized spacial score (nSPS) is 10.8. The second kappa shape index (κ2) is 11.2. The van der Waals surface area contributed by atoms with Crippen molar-refractivity contribution in [2.24, 2.45) is 0 Å². The zero-order valence-corrected chi connectivity index (χ0v) is 9.95. The van der Waals surface area contributed by atoms with E-state index >= 15 is 0 Å². The topological polar surface area (TPSA) is 161 Å². The molecule has 0 bridgehead atoms. The molecule has 0 aliphatic rings. The molecule has 106 valence electrons. The quantitative estimate of drug-likeness (QED) is 0.245. The van der Waals surface area contributed by atoms with Crippen molar-refractivity contribution in [1.29, 1.82) is 0 Å². The fourth-order valence-electron chi connectivity index (χ4n) is 0.995. The molecule has 0 rings (SSSR count). The van der Waals surface area contributed by atoms with Gasteiger partial charge in [0.2, 0.25) is 6.04 Å². The van der Waals surface area contributed by atoms with Crippen LogP contribution in [0.3, 0.4) is 0 Å². The van der Waals surface area contributed by atoms with Crippen molar-refractivity contribution in [2.75, 3.05) is 0 Å². The van der Waals surface area contributed by atoms with Crippen LogP contribution in [0.1, 0.15) is 12.8 Å². The van der Waals surface area contributed by atoms with Gasteiger partial charge in [-0.2, -0.15) is 0 Å². The first kappa shape index (κ1) is 23.5. The van der Waals surface area contributed by atoms with Gasteiger partial charge in [-0.15, -0.1) is 0 Å². The molecule has 0 radical (unpaired) electrons. The number of nitrogens with one attached hydrogen (secondary N) is 1. The molecule has 0 fully saturated rings. The number of hydrogen-bond acceptors (Lipinski definition) is 5. The predicted molar refractivity (Wildman–Crippen MR) is 57.6 cm³/mol. The van der Waals surface area contributed by atoms with Crippen LogP contribution in [0.2, 0.25) is 0 Å². The molecule has 0 aromatic heterocycles. The predicted octanol–water partition coefficient (Wildman–Crippen LogP) is -2.22. The Labute approximate surface area is 140 Å². The molecule has 11 heteroatoms. The molecule has 0 aromatic carbocycles. The van der Waals surface area contributed by atoms with E-state index < -0.39 is 48.8 Å². The van der Waals surface area contributed by atoms with E-state index in [-0.39, 0.29) is 46.6 Å². The Bertz CT molecular complexity index is 336. The third-order valence-corrected chi connectivity index (χ3v) is 1.81. The number of carbonyl (C=O) groups is 4. The molecular weight excluding hydrogens is 317 g/mol. The summed E-state index contributed by atoms with van der Waals surface area (Å²) in [5, 5.41) is 35.8. The van der Waals surface area contributed by atoms with Gasteiger partial charge in [-0.05, 0) is 6.42 Å². The van der Waals surface area contributed by atoms with E-state index in [4.69, 9.17) is 20.4 Å². The van der Waals surface area contributed by atoms with E-state index in [1.807, 2.05) is 5.32 Å². The van der Waals surface area contributed by atoms with Gasteiger partial charge in [0, 0.05) is 23.5 Å². The SMILES string of the molecule is O=C(O)CCC(NC(C(=O)O)C(=O)O)C(=O)O.[Fe].[NaH]. The molecule has 0 spiro atoms. The molecule has 1 atom stereocenters. The van der Waals surface area contributed by atoms with E-state index in [0.717, 1.165) is 0 Å². The maximum atomic E-state index is 10.7. The van der Waals surface area contributed by atoms with Crippen LogP contribution >= 0.6 is 0 Å². The summed E-state index contributed by atoms with van der Waals surface area (Å²) in [7, 11) is 0. The number of aliphatic carboxylic acids is 4. The minimum atomic E-state index is -2.09. The molecule has 0 aromatic rings. The van der Waals surface area contributed by atoms with Gasteiger partial charge in [0.1, 0.15) is 6.04 Å². The van der Waals surface area contributed by atoms with Crippen LogP contribution in [0.4, 0.5) is 0 Å². The molecular formula is C8H12FeNNaO8. The second-order valence-corrected chi connectivity index (χ2v) is 3.10. The average Bonchev–Trinajstić information content (AvgIpc) is 2.15. The summed E-state index contributed by atoms with van der Waals surface area (Å²) in [6.07, 6.45) is -0.933. The van der Waals surface area contributed by atoms with E-state index in [1.54, 1.807) is 0 Å². The van der Waals surface area contributed by atoms with Crippen molar-refractivity contribution in [3.8, 4) is 0 Å². The van der Waals surface area contributed by atoms with Gasteiger partial charge in [-0.3, -0.25) is 14.9 Å². The number of carboxylic acids is 4. The number of rotatable bonds is 8. The first-order chi connectivity index (χ1) is 7.75. The molecule has 0 aliphatic heterocycles. The van der Waals surface area contributed by atoms with Gasteiger partial charge in [0.25, 0.3) is 0 Å². The van der Waals surface area contributed by atoms with E-state index in [0.29, 0.717) is 0 Å². The third-order valence-electron chi connectivity index (χ3n) is 1.81. The van der Waals surface area contributed by atoms with Crippen molar-refractivity contribution in [1.82, 2.24) is 5.32 Å². The zero-order valence-electron chi connectivity index (χ0n) is 8.84. The van der Waals surface area contributed by atoms with Crippen LogP contribution in [0.25, 0.3) is 0 Å².